The van der Waals surface area contributed by atoms with Crippen molar-refractivity contribution in [2.45, 2.75) is 38.8 Å². The first-order chi connectivity index (χ1) is 20.0. The van der Waals surface area contributed by atoms with Gasteiger partial charge in [0.05, 0.1) is 31.6 Å². The number of carbonyl (C=O) groups excluding carboxylic acids is 2. The summed E-state index contributed by atoms with van der Waals surface area (Å²) < 4.78 is 11.3. The number of piperazine rings is 1. The van der Waals surface area contributed by atoms with E-state index < -0.39 is 17.6 Å². The minimum Gasteiger partial charge on any atom is -0.494 e. The van der Waals surface area contributed by atoms with Crippen LogP contribution >= 0.6 is 11.6 Å². The van der Waals surface area contributed by atoms with E-state index >= 15 is 0 Å². The molecule has 0 aromatic heterocycles. The van der Waals surface area contributed by atoms with E-state index in [1.807, 2.05) is 75.6 Å². The molecule has 11 nitrogen and oxygen atoms in total. The molecule has 0 spiro atoms. The molecule has 3 aliphatic heterocycles. The number of carbonyl (C=O) groups is 2. The highest BCUT2D eigenvalue weighted by Crippen LogP contribution is 2.32. The fourth-order valence-electron chi connectivity index (χ4n) is 5.22. The van der Waals surface area contributed by atoms with E-state index in [2.05, 4.69) is 15.3 Å². The Balaban J connectivity index is 1.35. The molecule has 3 heterocycles. The number of benzene rings is 2. The Morgan fingerprint density at radius 2 is 1.88 bits per heavy atom. The average molecular weight is 595 g/mol. The third kappa shape index (κ3) is 6.32. The number of aliphatic imine (C=N–C) groups is 1. The lowest BCUT2D eigenvalue weighted by molar-refractivity contribution is -0.704. The molecule has 2 aromatic rings. The van der Waals surface area contributed by atoms with Crippen LogP contribution < -0.4 is 25.7 Å². The van der Waals surface area contributed by atoms with Crippen LogP contribution in [0, 0.1) is 0 Å². The maximum Gasteiger partial charge on any atom is 0.410 e. The second-order valence-electron chi connectivity index (χ2n) is 11.3. The topological polar surface area (TPSA) is 117 Å². The van der Waals surface area contributed by atoms with Crippen molar-refractivity contribution in [1.29, 1.82) is 0 Å². The molecule has 2 unspecified atom stereocenters. The van der Waals surface area contributed by atoms with Crippen LogP contribution in [0.25, 0.3) is 0 Å². The van der Waals surface area contributed by atoms with Gasteiger partial charge in [-0.05, 0) is 44.5 Å². The number of hydrazine groups is 1. The Hall–Kier alpha value is -4.22. The highest BCUT2D eigenvalue weighted by atomic mass is 35.5. The molecule has 0 aliphatic carbocycles. The summed E-state index contributed by atoms with van der Waals surface area (Å²) in [7, 11) is 1.60. The van der Waals surface area contributed by atoms with Crippen LogP contribution in [0.5, 0.6) is 5.75 Å². The van der Waals surface area contributed by atoms with Crippen molar-refractivity contribution in [2.24, 2.45) is 10.7 Å². The maximum absolute atomic E-state index is 12.7. The number of hydrogen-bond donors (Lipinski definition) is 3. The lowest BCUT2D eigenvalue weighted by atomic mass is 10.1. The maximum atomic E-state index is 12.7. The summed E-state index contributed by atoms with van der Waals surface area (Å²) in [6, 6.07) is 12.7. The third-order valence-corrected chi connectivity index (χ3v) is 7.62. The van der Waals surface area contributed by atoms with Crippen LogP contribution in [0.1, 0.15) is 26.3 Å². The van der Waals surface area contributed by atoms with Gasteiger partial charge in [0, 0.05) is 43.0 Å². The molecule has 0 radical (unpaired) electrons. The quantitative estimate of drug-likeness (QED) is 0.451. The Labute approximate surface area is 250 Å². The molecular formula is C30H37ClN7O4+. The highest BCUT2D eigenvalue weighted by molar-refractivity contribution is 6.31. The van der Waals surface area contributed by atoms with Gasteiger partial charge < -0.3 is 25.0 Å². The standard InChI is InChI=1S/C30H36ClN7O4/c1-30(2,3)42-29(40)36-15-13-35(14-16-36)21-9-10-24(25(18-21)41-4)34-38-19-22(17-20-7-5-6-8-23(20)31)37-12-11-33-28(37)26(38)27(32)39/h5-12,18-19,26,34H,13-17H2,1-4H3,(H2,32,39)/p+1. The smallest absolute Gasteiger partial charge is 0.410 e. The first-order valence-electron chi connectivity index (χ1n) is 13.9. The summed E-state index contributed by atoms with van der Waals surface area (Å²) in [4.78, 5) is 34.4. The number of nitrogens with zero attached hydrogens (tertiary/aromatic N) is 4. The zero-order valence-electron chi connectivity index (χ0n) is 24.3. The molecular weight excluding hydrogens is 558 g/mol. The summed E-state index contributed by atoms with van der Waals surface area (Å²) in [6.45, 7) is 8.02. The number of halogens is 1. The van der Waals surface area contributed by atoms with Gasteiger partial charge in [0.25, 0.3) is 5.91 Å². The van der Waals surface area contributed by atoms with Crippen LogP contribution in [0.15, 0.2) is 71.8 Å². The fourth-order valence-corrected chi connectivity index (χ4v) is 5.42. The van der Waals surface area contributed by atoms with Crippen molar-refractivity contribution < 1.29 is 24.0 Å². The Morgan fingerprint density at radius 3 is 2.55 bits per heavy atom. The number of fused-ring (bicyclic) bond motifs is 1. The number of amides is 2. The number of anilines is 2. The van der Waals surface area contributed by atoms with Crippen LogP contribution in [-0.2, 0) is 16.0 Å². The highest BCUT2D eigenvalue weighted by Gasteiger charge is 2.43. The van der Waals surface area contributed by atoms with Gasteiger partial charge >= 0.3 is 6.09 Å². The molecule has 12 heteroatoms. The normalized spacial score (nSPS) is 20.1. The number of quaternary nitrogens is 1. The second-order valence-corrected chi connectivity index (χ2v) is 11.7. The van der Waals surface area contributed by atoms with E-state index in [1.165, 1.54) is 0 Å². The molecule has 0 bridgehead atoms. The van der Waals surface area contributed by atoms with E-state index in [0.717, 1.165) is 21.8 Å². The molecule has 2 aromatic carbocycles. The van der Waals surface area contributed by atoms with Crippen molar-refractivity contribution in [2.75, 3.05) is 43.6 Å². The molecule has 42 heavy (non-hydrogen) atoms. The first kappa shape index (κ1) is 29.3. The average Bonchev–Trinajstić information content (AvgIpc) is 3.43. The molecule has 0 saturated carbocycles. The van der Waals surface area contributed by atoms with Crippen molar-refractivity contribution in [1.82, 2.24) is 9.91 Å². The second kappa shape index (κ2) is 11.9. The molecule has 3 aliphatic rings. The van der Waals surface area contributed by atoms with Crippen LogP contribution in [0.3, 0.4) is 0 Å². The van der Waals surface area contributed by atoms with E-state index in [-0.39, 0.29) is 6.09 Å². The van der Waals surface area contributed by atoms with E-state index in [1.54, 1.807) is 23.2 Å². The lowest BCUT2D eigenvalue weighted by Crippen LogP contribution is -3.11. The Bertz CT molecular complexity index is 1440. The SMILES string of the molecule is COc1cc(N2CCN(C(=O)OC(C)(C)C)CC2)ccc1NN1C=C(Cc2ccccc2Cl)[NH+]2C=CN=C2C1C(N)=O. The first-order valence-corrected chi connectivity index (χ1v) is 14.2. The molecule has 222 valence electrons. The number of rotatable bonds is 7. The van der Waals surface area contributed by atoms with Crippen molar-refractivity contribution in [3.63, 3.8) is 0 Å². The number of nitrogens with one attached hydrogen (secondary N) is 2. The molecule has 2 atom stereocenters. The van der Waals surface area contributed by atoms with Gasteiger partial charge in [-0.15, -0.1) is 0 Å². The monoisotopic (exact) mass is 594 g/mol. The van der Waals surface area contributed by atoms with Gasteiger partial charge in [-0.1, -0.05) is 29.8 Å². The van der Waals surface area contributed by atoms with Gasteiger partial charge in [-0.3, -0.25) is 15.2 Å². The van der Waals surface area contributed by atoms with Gasteiger partial charge in [-0.2, -0.15) is 0 Å². The minimum absolute atomic E-state index is 0.297. The Morgan fingerprint density at radius 1 is 1.14 bits per heavy atom. The van der Waals surface area contributed by atoms with Crippen LogP contribution in [0.2, 0.25) is 5.02 Å². The molecule has 1 fully saturated rings. The summed E-state index contributed by atoms with van der Waals surface area (Å²) in [6.07, 6.45) is 5.71. The molecule has 5 rings (SSSR count). The minimum atomic E-state index is -0.824. The summed E-state index contributed by atoms with van der Waals surface area (Å²) in [5, 5.41) is 2.35. The van der Waals surface area contributed by atoms with Gasteiger partial charge in [0.2, 0.25) is 11.9 Å². The summed E-state index contributed by atoms with van der Waals surface area (Å²) in [5.74, 6) is 0.638. The zero-order chi connectivity index (χ0) is 30.0. The molecule has 1 saturated heterocycles. The largest absolute Gasteiger partial charge is 0.494 e. The van der Waals surface area contributed by atoms with E-state index in [0.29, 0.717) is 54.9 Å². The van der Waals surface area contributed by atoms with Crippen molar-refractivity contribution in [3.8, 4) is 5.75 Å². The van der Waals surface area contributed by atoms with Crippen LogP contribution in [-0.4, -0.2) is 72.7 Å². The number of allylic oxidation sites excluding steroid dienone is 1. The van der Waals surface area contributed by atoms with Crippen molar-refractivity contribution in [3.05, 3.63) is 77.3 Å². The fraction of sp³-hybridized carbons (Fsp3) is 0.367. The number of methoxy groups -OCH3 is 1. The van der Waals surface area contributed by atoms with E-state index in [9.17, 15) is 9.59 Å². The predicted molar refractivity (Wildman–Crippen MR) is 162 cm³/mol. The summed E-state index contributed by atoms with van der Waals surface area (Å²) in [5.41, 5.74) is 12.2. The van der Waals surface area contributed by atoms with Crippen LogP contribution in [0.4, 0.5) is 16.2 Å². The predicted octanol–water partition coefficient (Wildman–Crippen LogP) is 2.75. The number of amidine groups is 1. The molecule has 2 amide bonds. The lowest BCUT2D eigenvalue weighted by Gasteiger charge is -2.37. The number of primary amides is 1. The zero-order valence-corrected chi connectivity index (χ0v) is 25.0. The van der Waals surface area contributed by atoms with Gasteiger partial charge in [-0.25, -0.2) is 14.7 Å². The number of ether oxygens (including phenoxy) is 2. The van der Waals surface area contributed by atoms with E-state index in [4.69, 9.17) is 26.8 Å². The van der Waals surface area contributed by atoms with Gasteiger partial charge in [0.1, 0.15) is 23.2 Å². The summed E-state index contributed by atoms with van der Waals surface area (Å²) >= 11 is 6.46. The third-order valence-electron chi connectivity index (χ3n) is 7.25. The van der Waals surface area contributed by atoms with Crippen molar-refractivity contribution >= 4 is 40.8 Å². The van der Waals surface area contributed by atoms with Gasteiger partial charge in [0.15, 0.2) is 0 Å². The number of nitrogens with two attached hydrogens (primary N) is 1. The number of hydrogen-bond acceptors (Lipinski definition) is 8. The molecule has 4 N–H and O–H groups in total. The Kier molecular flexibility index (Phi) is 8.33.